The molecule has 1 aromatic carbocycles. The number of nitrogens with one attached hydrogen (secondary N) is 1. The number of aliphatic hydroxyl groups excluding tert-OH is 1. The molecule has 1 atom stereocenters. The minimum Gasteiger partial charge on any atom is -0.396 e. The quantitative estimate of drug-likeness (QED) is 0.791. The lowest BCUT2D eigenvalue weighted by molar-refractivity contribution is -0.130. The van der Waals surface area contributed by atoms with Crippen molar-refractivity contribution in [2.45, 2.75) is 25.9 Å². The predicted octanol–water partition coefficient (Wildman–Crippen LogP) is 1.20. The molecule has 3 amide bonds. The average Bonchev–Trinajstić information content (AvgIpc) is 2.52. The highest BCUT2D eigenvalue weighted by molar-refractivity contribution is 5.86. The molecular weight excluding hydrogens is 301 g/mol. The van der Waals surface area contributed by atoms with Crippen molar-refractivity contribution in [3.8, 4) is 0 Å². The summed E-state index contributed by atoms with van der Waals surface area (Å²) in [6, 6.07) is 4.81. The van der Waals surface area contributed by atoms with Gasteiger partial charge in [0.2, 0.25) is 5.91 Å². The van der Waals surface area contributed by atoms with E-state index in [1.54, 1.807) is 33.2 Å². The molecule has 128 valence electrons. The van der Waals surface area contributed by atoms with Gasteiger partial charge >= 0.3 is 6.03 Å². The highest BCUT2D eigenvalue weighted by Crippen LogP contribution is 2.08. The Morgan fingerprint density at radius 3 is 2.39 bits per heavy atom. The number of aliphatic hydroxyl groups is 1. The number of likely N-dealkylation sites (N-methyl/N-ethyl adjacent to an activating group) is 1. The molecule has 0 saturated heterocycles. The van der Waals surface area contributed by atoms with Crippen LogP contribution in [-0.4, -0.2) is 60.1 Å². The standard InChI is InChI=1S/C16H24FN3O3/c1-12(15(22)19(2)3)18-16(23)20(9-4-10-21)11-13-5-7-14(17)8-6-13/h5-8,12,21H,4,9-11H2,1-3H3,(H,18,23). The molecule has 0 heterocycles. The van der Waals surface area contributed by atoms with E-state index in [0.29, 0.717) is 13.0 Å². The Morgan fingerprint density at radius 2 is 1.87 bits per heavy atom. The summed E-state index contributed by atoms with van der Waals surface area (Å²) in [5.74, 6) is -0.549. The molecule has 1 unspecified atom stereocenters. The molecule has 0 radical (unpaired) electrons. The summed E-state index contributed by atoms with van der Waals surface area (Å²) in [6.45, 7) is 2.18. The van der Waals surface area contributed by atoms with Crippen LogP contribution in [0.4, 0.5) is 9.18 Å². The van der Waals surface area contributed by atoms with Gasteiger partial charge < -0.3 is 20.2 Å². The van der Waals surface area contributed by atoms with Gasteiger partial charge in [-0.2, -0.15) is 0 Å². The van der Waals surface area contributed by atoms with Crippen molar-refractivity contribution in [2.75, 3.05) is 27.2 Å². The van der Waals surface area contributed by atoms with E-state index >= 15 is 0 Å². The molecule has 0 aliphatic rings. The molecule has 0 aliphatic carbocycles. The second-order valence-corrected chi connectivity index (χ2v) is 5.53. The molecule has 0 aliphatic heterocycles. The average molecular weight is 325 g/mol. The van der Waals surface area contributed by atoms with Gasteiger partial charge in [0.05, 0.1) is 0 Å². The fraction of sp³-hybridized carbons (Fsp3) is 0.500. The minimum absolute atomic E-state index is 0.0423. The Labute approximate surface area is 135 Å². The molecule has 0 spiro atoms. The number of carbonyl (C=O) groups excluding carboxylic acids is 2. The van der Waals surface area contributed by atoms with Crippen LogP contribution in [0.2, 0.25) is 0 Å². The normalized spacial score (nSPS) is 11.7. The summed E-state index contributed by atoms with van der Waals surface area (Å²) in [6.07, 6.45) is 0.421. The summed E-state index contributed by atoms with van der Waals surface area (Å²) in [5.41, 5.74) is 0.770. The fourth-order valence-electron chi connectivity index (χ4n) is 2.05. The number of rotatable bonds is 7. The summed E-state index contributed by atoms with van der Waals surface area (Å²) in [7, 11) is 3.24. The van der Waals surface area contributed by atoms with E-state index in [0.717, 1.165) is 5.56 Å². The third-order valence-corrected chi connectivity index (χ3v) is 3.31. The van der Waals surface area contributed by atoms with Crippen molar-refractivity contribution in [2.24, 2.45) is 0 Å². The van der Waals surface area contributed by atoms with Crippen LogP contribution in [0.3, 0.4) is 0 Å². The maximum Gasteiger partial charge on any atom is 0.318 e. The third kappa shape index (κ3) is 6.23. The van der Waals surface area contributed by atoms with Crippen LogP contribution < -0.4 is 5.32 Å². The number of amides is 3. The van der Waals surface area contributed by atoms with Crippen LogP contribution in [0.25, 0.3) is 0 Å². The monoisotopic (exact) mass is 325 g/mol. The van der Waals surface area contributed by atoms with E-state index in [2.05, 4.69) is 5.32 Å². The van der Waals surface area contributed by atoms with E-state index in [1.165, 1.54) is 21.9 Å². The summed E-state index contributed by atoms with van der Waals surface area (Å²) in [5, 5.41) is 11.6. The SMILES string of the molecule is CC(NC(=O)N(CCCO)Cc1ccc(F)cc1)C(=O)N(C)C. The topological polar surface area (TPSA) is 72.9 Å². The molecule has 1 rings (SSSR count). The lowest BCUT2D eigenvalue weighted by Crippen LogP contribution is -2.49. The van der Waals surface area contributed by atoms with E-state index < -0.39 is 12.1 Å². The Kier molecular flexibility index (Phi) is 7.47. The molecule has 0 aromatic heterocycles. The van der Waals surface area contributed by atoms with Gasteiger partial charge in [-0.3, -0.25) is 4.79 Å². The van der Waals surface area contributed by atoms with Crippen LogP contribution in [0, 0.1) is 5.82 Å². The predicted molar refractivity (Wildman–Crippen MR) is 85.2 cm³/mol. The lowest BCUT2D eigenvalue weighted by atomic mass is 10.2. The van der Waals surface area contributed by atoms with Gasteiger partial charge in [-0.15, -0.1) is 0 Å². The van der Waals surface area contributed by atoms with Crippen molar-refractivity contribution >= 4 is 11.9 Å². The van der Waals surface area contributed by atoms with Gasteiger partial charge in [0.25, 0.3) is 0 Å². The molecule has 0 fully saturated rings. The minimum atomic E-state index is -0.651. The van der Waals surface area contributed by atoms with Crippen LogP contribution in [0.15, 0.2) is 24.3 Å². The van der Waals surface area contributed by atoms with Gasteiger partial charge in [-0.05, 0) is 31.0 Å². The first-order chi connectivity index (χ1) is 10.8. The number of nitrogens with zero attached hydrogens (tertiary/aromatic N) is 2. The molecule has 23 heavy (non-hydrogen) atoms. The Morgan fingerprint density at radius 1 is 1.26 bits per heavy atom. The van der Waals surface area contributed by atoms with Gasteiger partial charge in [0, 0.05) is 33.8 Å². The van der Waals surface area contributed by atoms with Crippen LogP contribution >= 0.6 is 0 Å². The van der Waals surface area contributed by atoms with Crippen molar-refractivity contribution in [3.05, 3.63) is 35.6 Å². The maximum absolute atomic E-state index is 13.0. The van der Waals surface area contributed by atoms with Crippen molar-refractivity contribution in [1.82, 2.24) is 15.1 Å². The number of carbonyl (C=O) groups is 2. The van der Waals surface area contributed by atoms with Crippen LogP contribution in [0.1, 0.15) is 18.9 Å². The molecular formula is C16H24FN3O3. The van der Waals surface area contributed by atoms with Gasteiger partial charge in [-0.1, -0.05) is 12.1 Å². The highest BCUT2D eigenvalue weighted by Gasteiger charge is 2.21. The number of hydrogen-bond acceptors (Lipinski definition) is 3. The molecule has 1 aromatic rings. The Hall–Kier alpha value is -2.15. The maximum atomic E-state index is 13.0. The second kappa shape index (κ2) is 9.09. The largest absolute Gasteiger partial charge is 0.396 e. The fourth-order valence-corrected chi connectivity index (χ4v) is 2.05. The lowest BCUT2D eigenvalue weighted by Gasteiger charge is -2.26. The molecule has 0 bridgehead atoms. The van der Waals surface area contributed by atoms with Crippen molar-refractivity contribution in [3.63, 3.8) is 0 Å². The number of benzene rings is 1. The zero-order valence-corrected chi connectivity index (χ0v) is 13.8. The molecule has 6 nitrogen and oxygen atoms in total. The van der Waals surface area contributed by atoms with E-state index in [1.807, 2.05) is 0 Å². The van der Waals surface area contributed by atoms with E-state index in [9.17, 15) is 14.0 Å². The van der Waals surface area contributed by atoms with Gasteiger partial charge in [0.15, 0.2) is 0 Å². The number of hydrogen-bond donors (Lipinski definition) is 2. The summed E-state index contributed by atoms with van der Waals surface area (Å²) >= 11 is 0. The first kappa shape index (κ1) is 18.9. The number of halogens is 1. The molecule has 2 N–H and O–H groups in total. The van der Waals surface area contributed by atoms with Crippen molar-refractivity contribution in [1.29, 1.82) is 0 Å². The zero-order valence-electron chi connectivity index (χ0n) is 13.8. The smallest absolute Gasteiger partial charge is 0.318 e. The Balaban J connectivity index is 2.73. The van der Waals surface area contributed by atoms with E-state index in [4.69, 9.17) is 5.11 Å². The first-order valence-electron chi connectivity index (χ1n) is 7.47. The van der Waals surface area contributed by atoms with Gasteiger partial charge in [-0.25, -0.2) is 9.18 Å². The highest BCUT2D eigenvalue weighted by atomic mass is 19.1. The molecule has 0 saturated carbocycles. The van der Waals surface area contributed by atoms with Gasteiger partial charge in [0.1, 0.15) is 11.9 Å². The zero-order chi connectivity index (χ0) is 17.4. The summed E-state index contributed by atoms with van der Waals surface area (Å²) in [4.78, 5) is 27.1. The van der Waals surface area contributed by atoms with Crippen LogP contribution in [0.5, 0.6) is 0 Å². The second-order valence-electron chi connectivity index (χ2n) is 5.53. The van der Waals surface area contributed by atoms with Crippen molar-refractivity contribution < 1.29 is 19.1 Å². The number of urea groups is 1. The summed E-state index contributed by atoms with van der Waals surface area (Å²) < 4.78 is 13.0. The van der Waals surface area contributed by atoms with E-state index in [-0.39, 0.29) is 24.9 Å². The Bertz CT molecular complexity index is 520. The van der Waals surface area contributed by atoms with Crippen LogP contribution in [-0.2, 0) is 11.3 Å². The first-order valence-corrected chi connectivity index (χ1v) is 7.47. The molecule has 7 heteroatoms. The third-order valence-electron chi connectivity index (χ3n) is 3.31.